The predicted octanol–water partition coefficient (Wildman–Crippen LogP) is 2.65. The number of nitrogens with zero attached hydrogens (tertiary/aromatic N) is 1. The molecule has 0 bridgehead atoms. The molecule has 1 N–H and O–H groups in total. The maximum absolute atomic E-state index is 12.6. The first kappa shape index (κ1) is 13.6. The van der Waals surface area contributed by atoms with Crippen molar-refractivity contribution in [2.24, 2.45) is 0 Å². The van der Waals surface area contributed by atoms with Crippen LogP contribution in [0.15, 0.2) is 30.3 Å². The van der Waals surface area contributed by atoms with E-state index in [0.29, 0.717) is 17.6 Å². The number of amides is 1. The van der Waals surface area contributed by atoms with Gasteiger partial charge in [-0.3, -0.25) is 9.69 Å². The van der Waals surface area contributed by atoms with Crippen LogP contribution in [-0.4, -0.2) is 28.0 Å². The lowest BCUT2D eigenvalue weighted by atomic mass is 9.94. The zero-order valence-electron chi connectivity index (χ0n) is 11.5. The van der Waals surface area contributed by atoms with Crippen molar-refractivity contribution in [3.63, 3.8) is 0 Å². The van der Waals surface area contributed by atoms with Gasteiger partial charge < -0.3 is 5.32 Å². The summed E-state index contributed by atoms with van der Waals surface area (Å²) in [6.45, 7) is 0. The Morgan fingerprint density at radius 3 is 2.55 bits per heavy atom. The fraction of sp³-hybridized carbons (Fsp3) is 0.500. The van der Waals surface area contributed by atoms with Crippen LogP contribution < -0.4 is 5.32 Å². The minimum atomic E-state index is -0.188. The van der Waals surface area contributed by atoms with Crippen molar-refractivity contribution in [3.8, 4) is 0 Å². The maximum atomic E-state index is 12.6. The minimum absolute atomic E-state index is 0.158. The van der Waals surface area contributed by atoms with E-state index in [4.69, 9.17) is 12.2 Å². The molecule has 1 saturated heterocycles. The van der Waals surface area contributed by atoms with Crippen molar-refractivity contribution in [3.05, 3.63) is 35.9 Å². The van der Waals surface area contributed by atoms with Crippen LogP contribution in [0.4, 0.5) is 0 Å². The van der Waals surface area contributed by atoms with Gasteiger partial charge in [-0.2, -0.15) is 0 Å². The van der Waals surface area contributed by atoms with Crippen LogP contribution in [0.3, 0.4) is 0 Å². The molecule has 0 aromatic heterocycles. The lowest BCUT2D eigenvalue weighted by Gasteiger charge is -2.30. The van der Waals surface area contributed by atoms with E-state index in [9.17, 15) is 4.79 Å². The molecular formula is C16H20N2OS. The van der Waals surface area contributed by atoms with Gasteiger partial charge in [0, 0.05) is 12.5 Å². The summed E-state index contributed by atoms with van der Waals surface area (Å²) < 4.78 is 0. The quantitative estimate of drug-likeness (QED) is 0.868. The fourth-order valence-electron chi connectivity index (χ4n) is 3.22. The van der Waals surface area contributed by atoms with Gasteiger partial charge in [-0.05, 0) is 30.6 Å². The molecule has 2 aliphatic rings. The summed E-state index contributed by atoms with van der Waals surface area (Å²) >= 11 is 5.39. The van der Waals surface area contributed by atoms with Gasteiger partial charge in [-0.25, -0.2) is 0 Å². The third-order valence-electron chi connectivity index (χ3n) is 4.27. The monoisotopic (exact) mass is 288 g/mol. The molecule has 0 radical (unpaired) electrons. The first-order chi connectivity index (χ1) is 9.75. The molecule has 106 valence electrons. The minimum Gasteiger partial charge on any atom is -0.350 e. The van der Waals surface area contributed by atoms with Gasteiger partial charge in [0.25, 0.3) is 5.91 Å². The average Bonchev–Trinajstić information content (AvgIpc) is 2.75. The summed E-state index contributed by atoms with van der Waals surface area (Å²) in [5, 5.41) is 3.83. The molecule has 4 heteroatoms. The third-order valence-corrected chi connectivity index (χ3v) is 4.59. The standard InChI is InChI=1S/C16H20N2OS/c19-15-14(11-12-7-3-1-4-8-12)17-16(20)18(15)13-9-5-2-6-10-13/h1,3-4,7-8,13-14H,2,5-6,9-11H2,(H,17,20)/t14-/m1/s1. The molecule has 0 unspecified atom stereocenters. The van der Waals surface area contributed by atoms with E-state index < -0.39 is 0 Å². The largest absolute Gasteiger partial charge is 0.350 e. The third kappa shape index (κ3) is 2.70. The van der Waals surface area contributed by atoms with Gasteiger partial charge in [-0.15, -0.1) is 0 Å². The Morgan fingerprint density at radius 2 is 1.85 bits per heavy atom. The number of nitrogens with one attached hydrogen (secondary N) is 1. The van der Waals surface area contributed by atoms with Crippen molar-refractivity contribution in [1.29, 1.82) is 0 Å². The van der Waals surface area contributed by atoms with Crippen LogP contribution in [0.25, 0.3) is 0 Å². The van der Waals surface area contributed by atoms with Gasteiger partial charge >= 0.3 is 0 Å². The van der Waals surface area contributed by atoms with Crippen molar-refractivity contribution in [1.82, 2.24) is 10.2 Å². The smallest absolute Gasteiger partial charge is 0.251 e. The van der Waals surface area contributed by atoms with E-state index >= 15 is 0 Å². The van der Waals surface area contributed by atoms with Crippen molar-refractivity contribution < 1.29 is 4.79 Å². The Morgan fingerprint density at radius 1 is 1.15 bits per heavy atom. The highest BCUT2D eigenvalue weighted by Gasteiger charge is 2.39. The lowest BCUT2D eigenvalue weighted by Crippen LogP contribution is -2.42. The summed E-state index contributed by atoms with van der Waals surface area (Å²) in [6, 6.07) is 10.2. The molecule has 3 nitrogen and oxygen atoms in total. The molecular weight excluding hydrogens is 268 g/mol. The summed E-state index contributed by atoms with van der Waals surface area (Å²) in [5.74, 6) is 0.158. The molecule has 1 aliphatic heterocycles. The summed E-state index contributed by atoms with van der Waals surface area (Å²) in [6.07, 6.45) is 6.59. The second-order valence-corrected chi connectivity index (χ2v) is 6.08. The maximum Gasteiger partial charge on any atom is 0.251 e. The highest BCUT2D eigenvalue weighted by Crippen LogP contribution is 2.26. The molecule has 1 aromatic carbocycles. The predicted molar refractivity (Wildman–Crippen MR) is 83.4 cm³/mol. The molecule has 1 heterocycles. The molecule has 1 aromatic rings. The fourth-order valence-corrected chi connectivity index (χ4v) is 3.60. The summed E-state index contributed by atoms with van der Waals surface area (Å²) in [4.78, 5) is 14.4. The van der Waals surface area contributed by atoms with Crippen LogP contribution in [0.2, 0.25) is 0 Å². The molecule has 3 rings (SSSR count). The van der Waals surface area contributed by atoms with Crippen LogP contribution in [0, 0.1) is 0 Å². The van der Waals surface area contributed by atoms with Gasteiger partial charge in [0.1, 0.15) is 6.04 Å². The normalized spacial score (nSPS) is 24.0. The summed E-state index contributed by atoms with van der Waals surface area (Å²) in [5.41, 5.74) is 1.17. The highest BCUT2D eigenvalue weighted by atomic mass is 32.1. The van der Waals surface area contributed by atoms with E-state index in [1.54, 1.807) is 0 Å². The number of benzene rings is 1. The SMILES string of the molecule is O=C1[C@@H](Cc2ccccc2)NC(=S)N1C1CCCCC1. The molecule has 1 aliphatic carbocycles. The second-order valence-electron chi connectivity index (χ2n) is 5.69. The van der Waals surface area contributed by atoms with Gasteiger partial charge in [0.15, 0.2) is 5.11 Å². The van der Waals surface area contributed by atoms with E-state index in [2.05, 4.69) is 17.4 Å². The van der Waals surface area contributed by atoms with Crippen LogP contribution in [0.5, 0.6) is 0 Å². The number of carbonyl (C=O) groups is 1. The number of carbonyl (C=O) groups excluding carboxylic acids is 1. The van der Waals surface area contributed by atoms with E-state index in [1.807, 2.05) is 23.1 Å². The van der Waals surface area contributed by atoms with Crippen molar-refractivity contribution in [2.45, 2.75) is 50.6 Å². The average molecular weight is 288 g/mol. The molecule has 2 fully saturated rings. The van der Waals surface area contributed by atoms with Crippen LogP contribution in [0.1, 0.15) is 37.7 Å². The molecule has 1 saturated carbocycles. The first-order valence-corrected chi connectivity index (χ1v) is 7.84. The number of hydrogen-bond acceptors (Lipinski definition) is 2. The van der Waals surface area contributed by atoms with E-state index in [1.165, 1.54) is 24.8 Å². The van der Waals surface area contributed by atoms with Crippen molar-refractivity contribution in [2.75, 3.05) is 0 Å². The summed E-state index contributed by atoms with van der Waals surface area (Å²) in [7, 11) is 0. The zero-order chi connectivity index (χ0) is 13.9. The molecule has 20 heavy (non-hydrogen) atoms. The van der Waals surface area contributed by atoms with Gasteiger partial charge in [0.2, 0.25) is 0 Å². The number of thiocarbonyl (C=S) groups is 1. The number of rotatable bonds is 3. The van der Waals surface area contributed by atoms with Gasteiger partial charge in [0.05, 0.1) is 0 Å². The van der Waals surface area contributed by atoms with E-state index in [0.717, 1.165) is 12.8 Å². The lowest BCUT2D eigenvalue weighted by molar-refractivity contribution is -0.129. The Bertz CT molecular complexity index is 496. The molecule has 0 spiro atoms. The Balaban J connectivity index is 1.70. The first-order valence-electron chi connectivity index (χ1n) is 7.43. The van der Waals surface area contributed by atoms with E-state index in [-0.39, 0.29) is 11.9 Å². The van der Waals surface area contributed by atoms with Crippen LogP contribution in [-0.2, 0) is 11.2 Å². The van der Waals surface area contributed by atoms with Gasteiger partial charge in [-0.1, -0.05) is 49.6 Å². The number of hydrogen-bond donors (Lipinski definition) is 1. The Kier molecular flexibility index (Phi) is 4.01. The highest BCUT2D eigenvalue weighted by molar-refractivity contribution is 7.80. The zero-order valence-corrected chi connectivity index (χ0v) is 12.4. The topological polar surface area (TPSA) is 32.3 Å². The molecule has 1 amide bonds. The Labute approximate surface area is 125 Å². The molecule has 1 atom stereocenters. The Hall–Kier alpha value is -1.42. The van der Waals surface area contributed by atoms with Crippen molar-refractivity contribution >= 4 is 23.2 Å². The second kappa shape index (κ2) is 5.92. The van der Waals surface area contributed by atoms with Crippen LogP contribution >= 0.6 is 12.2 Å².